The van der Waals surface area contributed by atoms with Crippen LogP contribution in [0, 0.1) is 5.92 Å². The van der Waals surface area contributed by atoms with E-state index in [1.807, 2.05) is 13.1 Å². The molecule has 0 radical (unpaired) electrons. The summed E-state index contributed by atoms with van der Waals surface area (Å²) in [5.74, 6) is 2.85. The molecule has 2 rings (SSSR count). The molecule has 1 aliphatic carbocycles. The number of hydrogen-bond acceptors (Lipinski definition) is 3. The van der Waals surface area contributed by atoms with Crippen molar-refractivity contribution in [1.29, 1.82) is 0 Å². The van der Waals surface area contributed by atoms with E-state index < -0.39 is 0 Å². The predicted molar refractivity (Wildman–Crippen MR) is 82.8 cm³/mol. The third kappa shape index (κ3) is 3.85. The second-order valence-electron chi connectivity index (χ2n) is 5.95. The van der Waals surface area contributed by atoms with Gasteiger partial charge in [0.15, 0.2) is 0 Å². The van der Waals surface area contributed by atoms with Gasteiger partial charge in [0.2, 0.25) is 0 Å². The highest BCUT2D eigenvalue weighted by Gasteiger charge is 2.23. The quantitative estimate of drug-likeness (QED) is 0.841. The van der Waals surface area contributed by atoms with Crippen molar-refractivity contribution in [2.24, 2.45) is 5.92 Å². The molecule has 1 aromatic rings. The standard InChI is InChI=1S/C16H27N3/c1-13(2)11-12-19(14-7-4-5-8-14)16-10-6-9-15(17-3)18-16/h6,9-10,13-14H,4-5,7-8,11-12H2,1-3H3,(H,17,18). The van der Waals surface area contributed by atoms with Gasteiger partial charge in [-0.05, 0) is 37.3 Å². The molecule has 0 bridgehead atoms. The molecular weight excluding hydrogens is 234 g/mol. The Labute approximate surface area is 117 Å². The molecule has 0 aromatic carbocycles. The first kappa shape index (κ1) is 14.2. The van der Waals surface area contributed by atoms with Crippen LogP contribution in [0.25, 0.3) is 0 Å². The van der Waals surface area contributed by atoms with E-state index in [2.05, 4.69) is 36.2 Å². The molecule has 1 N–H and O–H groups in total. The highest BCUT2D eigenvalue weighted by molar-refractivity contribution is 5.47. The molecule has 0 spiro atoms. The third-order valence-electron chi connectivity index (χ3n) is 4.00. The van der Waals surface area contributed by atoms with E-state index >= 15 is 0 Å². The van der Waals surface area contributed by atoms with Crippen LogP contribution < -0.4 is 10.2 Å². The van der Waals surface area contributed by atoms with Gasteiger partial charge in [0.05, 0.1) is 0 Å². The van der Waals surface area contributed by atoms with Crippen LogP contribution in [0.1, 0.15) is 46.0 Å². The maximum Gasteiger partial charge on any atom is 0.131 e. The predicted octanol–water partition coefficient (Wildman–Crippen LogP) is 3.92. The summed E-state index contributed by atoms with van der Waals surface area (Å²) in [7, 11) is 1.93. The molecule has 3 nitrogen and oxygen atoms in total. The molecule has 0 saturated heterocycles. The van der Waals surface area contributed by atoms with Crippen LogP contribution in [0.5, 0.6) is 0 Å². The largest absolute Gasteiger partial charge is 0.373 e. The van der Waals surface area contributed by atoms with Gasteiger partial charge in [-0.2, -0.15) is 0 Å². The van der Waals surface area contributed by atoms with Crippen molar-refractivity contribution >= 4 is 11.6 Å². The molecule has 1 aliphatic rings. The van der Waals surface area contributed by atoms with Gasteiger partial charge in [-0.25, -0.2) is 4.98 Å². The van der Waals surface area contributed by atoms with E-state index in [0.29, 0.717) is 6.04 Å². The molecule has 106 valence electrons. The SMILES string of the molecule is CNc1cccc(N(CCC(C)C)C2CCCC2)n1. The maximum atomic E-state index is 4.73. The van der Waals surface area contributed by atoms with Crippen molar-refractivity contribution < 1.29 is 0 Å². The summed E-state index contributed by atoms with van der Waals surface area (Å²) in [6.45, 7) is 5.72. The number of nitrogens with one attached hydrogen (secondary N) is 1. The Kier molecular flexibility index (Phi) is 5.06. The third-order valence-corrected chi connectivity index (χ3v) is 4.00. The first-order chi connectivity index (χ1) is 9.20. The molecule has 3 heteroatoms. The van der Waals surface area contributed by atoms with Gasteiger partial charge >= 0.3 is 0 Å². The minimum atomic E-state index is 0.693. The number of rotatable bonds is 6. The minimum absolute atomic E-state index is 0.693. The lowest BCUT2D eigenvalue weighted by molar-refractivity contribution is 0.525. The smallest absolute Gasteiger partial charge is 0.131 e. The van der Waals surface area contributed by atoms with E-state index in [0.717, 1.165) is 24.1 Å². The zero-order valence-corrected chi connectivity index (χ0v) is 12.5. The van der Waals surface area contributed by atoms with Crippen molar-refractivity contribution in [3.05, 3.63) is 18.2 Å². The monoisotopic (exact) mass is 261 g/mol. The Morgan fingerprint density at radius 1 is 1.32 bits per heavy atom. The molecule has 19 heavy (non-hydrogen) atoms. The lowest BCUT2D eigenvalue weighted by Gasteiger charge is -2.31. The summed E-state index contributed by atoms with van der Waals surface area (Å²) < 4.78 is 0. The highest BCUT2D eigenvalue weighted by Crippen LogP contribution is 2.28. The van der Waals surface area contributed by atoms with Crippen molar-refractivity contribution in [2.45, 2.75) is 52.0 Å². The molecule has 1 fully saturated rings. The molecule has 0 unspecified atom stereocenters. The number of anilines is 2. The summed E-state index contributed by atoms with van der Waals surface area (Å²) in [5.41, 5.74) is 0. The average Bonchev–Trinajstić information content (AvgIpc) is 2.93. The van der Waals surface area contributed by atoms with Crippen LogP contribution in [0.4, 0.5) is 11.6 Å². The summed E-state index contributed by atoms with van der Waals surface area (Å²) in [4.78, 5) is 7.26. The van der Waals surface area contributed by atoms with Gasteiger partial charge < -0.3 is 10.2 Å². The Morgan fingerprint density at radius 2 is 2.05 bits per heavy atom. The fourth-order valence-corrected chi connectivity index (χ4v) is 2.82. The number of pyridine rings is 1. The van der Waals surface area contributed by atoms with E-state index in [4.69, 9.17) is 4.98 Å². The van der Waals surface area contributed by atoms with Crippen LogP contribution in [0.15, 0.2) is 18.2 Å². The van der Waals surface area contributed by atoms with Crippen molar-refractivity contribution in [1.82, 2.24) is 4.98 Å². The number of nitrogens with zero attached hydrogens (tertiary/aromatic N) is 2. The zero-order valence-electron chi connectivity index (χ0n) is 12.5. The van der Waals surface area contributed by atoms with Crippen LogP contribution in [-0.2, 0) is 0 Å². The molecule has 0 aliphatic heterocycles. The molecule has 0 atom stereocenters. The second-order valence-corrected chi connectivity index (χ2v) is 5.95. The number of hydrogen-bond donors (Lipinski definition) is 1. The zero-order chi connectivity index (χ0) is 13.7. The fraction of sp³-hybridized carbons (Fsp3) is 0.688. The highest BCUT2D eigenvalue weighted by atomic mass is 15.2. The molecule has 1 saturated carbocycles. The van der Waals surface area contributed by atoms with E-state index in [9.17, 15) is 0 Å². The van der Waals surface area contributed by atoms with E-state index in [-0.39, 0.29) is 0 Å². The van der Waals surface area contributed by atoms with Crippen molar-refractivity contribution in [2.75, 3.05) is 23.8 Å². The fourth-order valence-electron chi connectivity index (χ4n) is 2.82. The van der Waals surface area contributed by atoms with Crippen molar-refractivity contribution in [3.8, 4) is 0 Å². The Bertz CT molecular complexity index is 383. The van der Waals surface area contributed by atoms with Crippen LogP contribution in [-0.4, -0.2) is 24.6 Å². The van der Waals surface area contributed by atoms with Crippen LogP contribution in [0.2, 0.25) is 0 Å². The van der Waals surface area contributed by atoms with E-state index in [1.54, 1.807) is 0 Å². The van der Waals surface area contributed by atoms with E-state index in [1.165, 1.54) is 32.1 Å². The first-order valence-electron chi connectivity index (χ1n) is 7.62. The summed E-state index contributed by atoms with van der Waals surface area (Å²) in [6.07, 6.45) is 6.62. The maximum absolute atomic E-state index is 4.73. The average molecular weight is 261 g/mol. The minimum Gasteiger partial charge on any atom is -0.373 e. The lowest BCUT2D eigenvalue weighted by Crippen LogP contribution is -2.35. The van der Waals surface area contributed by atoms with Gasteiger partial charge in [0.1, 0.15) is 11.6 Å². The topological polar surface area (TPSA) is 28.2 Å². The summed E-state index contributed by atoms with van der Waals surface area (Å²) in [6, 6.07) is 6.97. The number of aromatic nitrogens is 1. The first-order valence-corrected chi connectivity index (χ1v) is 7.62. The summed E-state index contributed by atoms with van der Waals surface area (Å²) in [5, 5.41) is 3.14. The summed E-state index contributed by atoms with van der Waals surface area (Å²) >= 11 is 0. The normalized spacial score (nSPS) is 16.0. The molecule has 1 heterocycles. The van der Waals surface area contributed by atoms with Crippen LogP contribution >= 0.6 is 0 Å². The molecule has 0 amide bonds. The molecule has 1 aromatic heterocycles. The van der Waals surface area contributed by atoms with Gasteiger partial charge in [-0.3, -0.25) is 0 Å². The Balaban J connectivity index is 2.14. The lowest BCUT2D eigenvalue weighted by atomic mass is 10.1. The van der Waals surface area contributed by atoms with Crippen molar-refractivity contribution in [3.63, 3.8) is 0 Å². The second kappa shape index (κ2) is 6.78. The van der Waals surface area contributed by atoms with Gasteiger partial charge in [-0.15, -0.1) is 0 Å². The van der Waals surface area contributed by atoms with Gasteiger partial charge in [0.25, 0.3) is 0 Å². The van der Waals surface area contributed by atoms with Gasteiger partial charge in [-0.1, -0.05) is 32.8 Å². The Hall–Kier alpha value is -1.25. The van der Waals surface area contributed by atoms with Crippen LogP contribution in [0.3, 0.4) is 0 Å². The molecular formula is C16H27N3. The Morgan fingerprint density at radius 3 is 2.68 bits per heavy atom. The van der Waals surface area contributed by atoms with Gasteiger partial charge in [0, 0.05) is 19.6 Å².